The molecular weight excluding hydrogens is 494 g/mol. The van der Waals surface area contributed by atoms with Gasteiger partial charge in [-0.25, -0.2) is 0 Å². The third-order valence-electron chi connectivity index (χ3n) is 8.85. The quantitative estimate of drug-likeness (QED) is 0.442. The molecule has 0 fully saturated rings. The Kier molecular flexibility index (Phi) is 6.68. The zero-order valence-electron chi connectivity index (χ0n) is 17.5. The Balaban J connectivity index is 0.00000150. The number of benzene rings is 2. The number of rotatable bonds is 5. The molecule has 0 bridgehead atoms. The van der Waals surface area contributed by atoms with Crippen molar-refractivity contribution in [3.8, 4) is 0 Å². The summed E-state index contributed by atoms with van der Waals surface area (Å²) < 4.78 is 9.63. The van der Waals surface area contributed by atoms with Crippen LogP contribution in [0.1, 0.15) is 29.5 Å². The fraction of sp³-hybridized carbons (Fsp3) is 0.292. The first kappa shape index (κ1) is 24.7. The fourth-order valence-corrected chi connectivity index (χ4v) is 42.2. The maximum atomic E-state index is 10.4. The van der Waals surface area contributed by atoms with Gasteiger partial charge in [0, 0.05) is 0 Å². The molecule has 0 heterocycles. The Hall–Kier alpha value is -0.570. The molecule has 0 aliphatic heterocycles. The molecule has 0 aromatic heterocycles. The molecule has 2 aromatic carbocycles. The van der Waals surface area contributed by atoms with Crippen molar-refractivity contribution >= 4 is 47.1 Å². The zero-order valence-corrected chi connectivity index (χ0v) is 22.8. The number of fused-ring (bicyclic) bond motifs is 2. The number of aliphatic hydroxyl groups is 1. The molecule has 5 heteroatoms. The second kappa shape index (κ2) is 7.84. The van der Waals surface area contributed by atoms with Gasteiger partial charge in [-0.1, -0.05) is 0 Å². The summed E-state index contributed by atoms with van der Waals surface area (Å²) in [5, 5.41) is 10.4. The molecule has 1 nitrogen and oxygen atoms in total. The predicted octanol–water partition coefficient (Wildman–Crippen LogP) is 6.47. The number of aliphatic hydroxyl groups excluding tert-OH is 1. The number of halogens is 2. The Morgan fingerprint density at radius 1 is 0.862 bits per heavy atom. The van der Waals surface area contributed by atoms with E-state index in [4.69, 9.17) is 4.21 Å². The van der Waals surface area contributed by atoms with Crippen LogP contribution in [0.5, 0.6) is 0 Å². The molecule has 2 unspecified atom stereocenters. The second-order valence-electron chi connectivity index (χ2n) is 10.1. The van der Waals surface area contributed by atoms with Crippen LogP contribution in [-0.4, -0.2) is 21.8 Å². The first-order valence-corrected chi connectivity index (χ1v) is 26.1. The fourth-order valence-electron chi connectivity index (χ4n) is 6.19. The minimum absolute atomic E-state index is 0. The summed E-state index contributed by atoms with van der Waals surface area (Å²) in [5.41, 5.74) is 5.57. The number of hydrogen-bond acceptors (Lipinski definition) is 1. The van der Waals surface area contributed by atoms with Crippen molar-refractivity contribution < 1.29 is 21.1 Å². The third kappa shape index (κ3) is 3.12. The van der Waals surface area contributed by atoms with E-state index in [1.54, 1.807) is 0 Å². The normalized spacial score (nSPS) is 21.6. The molecule has 4 rings (SSSR count). The van der Waals surface area contributed by atoms with Gasteiger partial charge in [0.15, 0.2) is 0 Å². The third-order valence-corrected chi connectivity index (χ3v) is 67.5. The van der Waals surface area contributed by atoms with Gasteiger partial charge < -0.3 is 0 Å². The summed E-state index contributed by atoms with van der Waals surface area (Å²) in [6, 6.07) is 17.7. The first-order chi connectivity index (χ1) is 12.8. The van der Waals surface area contributed by atoms with E-state index in [-0.39, 0.29) is 31.4 Å². The number of allylic oxidation sites excluding steroid dienone is 2. The molecule has 157 valence electrons. The van der Waals surface area contributed by atoms with Gasteiger partial charge in [0.1, 0.15) is 0 Å². The van der Waals surface area contributed by atoms with E-state index in [9.17, 15) is 5.11 Å². The molecular formula is C24H33Cl2OSiZr. The zero-order chi connectivity index (χ0) is 19.3. The van der Waals surface area contributed by atoms with E-state index in [1.807, 2.05) is 0 Å². The van der Waals surface area contributed by atoms with Gasteiger partial charge in [0.05, 0.1) is 0 Å². The van der Waals surface area contributed by atoms with Gasteiger partial charge in [0.25, 0.3) is 0 Å². The van der Waals surface area contributed by atoms with Gasteiger partial charge in [-0.05, 0) is 0 Å². The van der Waals surface area contributed by atoms with E-state index in [0.29, 0.717) is 7.25 Å². The Morgan fingerprint density at radius 3 is 1.66 bits per heavy atom. The van der Waals surface area contributed by atoms with Crippen LogP contribution < -0.4 is 0 Å². The van der Waals surface area contributed by atoms with E-state index in [2.05, 4.69) is 90.6 Å². The molecule has 0 spiro atoms. The first-order valence-electron chi connectivity index (χ1n) is 10.2. The minimum atomic E-state index is -4.35. The average molecular weight is 528 g/mol. The van der Waals surface area contributed by atoms with Crippen LogP contribution in [0.2, 0.25) is 21.9 Å². The molecule has 2 atom stereocenters. The van der Waals surface area contributed by atoms with E-state index in [1.165, 1.54) is 22.3 Å². The molecule has 0 saturated carbocycles. The van der Waals surface area contributed by atoms with E-state index < -0.39 is 21.9 Å². The van der Waals surface area contributed by atoms with Crippen LogP contribution >= 0.6 is 24.8 Å². The van der Waals surface area contributed by atoms with Crippen molar-refractivity contribution in [1.29, 1.82) is 0 Å². The van der Waals surface area contributed by atoms with Crippen LogP contribution in [0.3, 0.4) is 0 Å². The molecule has 0 saturated heterocycles. The van der Waals surface area contributed by atoms with Crippen LogP contribution in [0.15, 0.2) is 60.7 Å². The summed E-state index contributed by atoms with van der Waals surface area (Å²) in [6.45, 7) is 5.24. The monoisotopic (exact) mass is 525 g/mol. The second-order valence-corrected chi connectivity index (χ2v) is 54.9. The summed E-state index contributed by atoms with van der Waals surface area (Å²) in [7, 11) is 0. The Labute approximate surface area is 185 Å². The van der Waals surface area contributed by atoms with Gasteiger partial charge in [-0.2, -0.15) is 0 Å². The van der Waals surface area contributed by atoms with Crippen LogP contribution in [0.4, 0.5) is 0 Å². The standard InChI is InChI=1S/2C9H7.C2H5O.C2H7Si.CH3.CH2.2ClH.Zr/c2*1-2-5-9-7-3-6-8(9)4-1;1-2-3;1-3-2;;;;;/h2*1-7H;3H,1-2H2;3H,1-2H3;1H3;1H2;2*1H;. The van der Waals surface area contributed by atoms with Crippen LogP contribution in [-0.2, 0) is 16.0 Å². The van der Waals surface area contributed by atoms with Crippen molar-refractivity contribution in [3.63, 3.8) is 0 Å². The van der Waals surface area contributed by atoms with Crippen molar-refractivity contribution in [2.45, 2.75) is 29.1 Å². The molecule has 0 radical (unpaired) electrons. The molecule has 1 N–H and O–H groups in total. The number of hydrogen-bond donors (Lipinski definition) is 1. The SMILES string of the molecule is Cl.Cl.[CH2]=[Zr]([CH3])([CH2]CO)([CH]1C=Cc2ccccc21)([CH]1C=Cc2ccccc21)[SiH](C)C. The summed E-state index contributed by atoms with van der Waals surface area (Å²) in [6.07, 6.45) is 9.51. The topological polar surface area (TPSA) is 20.2 Å². The van der Waals surface area contributed by atoms with Crippen LogP contribution in [0, 0.1) is 0 Å². The van der Waals surface area contributed by atoms with Gasteiger partial charge >= 0.3 is 162 Å². The van der Waals surface area contributed by atoms with Crippen molar-refractivity contribution in [2.75, 3.05) is 6.61 Å². The van der Waals surface area contributed by atoms with E-state index >= 15 is 0 Å². The van der Waals surface area contributed by atoms with Crippen molar-refractivity contribution in [2.24, 2.45) is 0 Å². The summed E-state index contributed by atoms with van der Waals surface area (Å²) in [5.74, 6) is -1.26. The molecule has 2 aliphatic rings. The van der Waals surface area contributed by atoms with Crippen molar-refractivity contribution in [3.05, 3.63) is 82.9 Å². The molecule has 0 amide bonds. The molecule has 2 aliphatic carbocycles. The average Bonchev–Trinajstić information content (AvgIpc) is 3.28. The van der Waals surface area contributed by atoms with Gasteiger partial charge in [-0.15, -0.1) is 24.8 Å². The van der Waals surface area contributed by atoms with Gasteiger partial charge in [0.2, 0.25) is 0 Å². The van der Waals surface area contributed by atoms with Gasteiger partial charge in [-0.3, -0.25) is 0 Å². The Morgan fingerprint density at radius 2 is 1.28 bits per heavy atom. The Bertz CT molecular complexity index is 1000. The summed E-state index contributed by atoms with van der Waals surface area (Å²) >= 11 is -4.35. The van der Waals surface area contributed by atoms with Crippen LogP contribution in [0.25, 0.3) is 12.2 Å². The predicted molar refractivity (Wildman–Crippen MR) is 135 cm³/mol. The molecule has 29 heavy (non-hydrogen) atoms. The maximum absolute atomic E-state index is 10.4. The van der Waals surface area contributed by atoms with Crippen molar-refractivity contribution in [1.82, 2.24) is 0 Å². The van der Waals surface area contributed by atoms with E-state index in [0.717, 1.165) is 4.13 Å². The molecule has 2 aromatic rings. The summed E-state index contributed by atoms with van der Waals surface area (Å²) in [4.78, 5) is 0.